The van der Waals surface area contributed by atoms with E-state index in [2.05, 4.69) is 25.4 Å². The highest BCUT2D eigenvalue weighted by Gasteiger charge is 2.18. The zero-order chi connectivity index (χ0) is 17.6. The number of hydrogen-bond donors (Lipinski definition) is 1. The van der Waals surface area contributed by atoms with Gasteiger partial charge in [-0.1, -0.05) is 0 Å². The molecule has 0 saturated carbocycles. The Balaban J connectivity index is 1.77. The lowest BCUT2D eigenvalue weighted by atomic mass is 10.2. The number of nitrogens with one attached hydrogen (secondary N) is 1. The number of anilines is 3. The molecule has 9 nitrogen and oxygen atoms in total. The molecular weight excluding hydrogens is 324 g/mol. The molecule has 3 rings (SSSR count). The Labute approximate surface area is 145 Å². The molecule has 0 bridgehead atoms. The summed E-state index contributed by atoms with van der Waals surface area (Å²) in [6, 6.07) is 5.42. The van der Waals surface area contributed by atoms with E-state index in [1.807, 2.05) is 6.07 Å². The summed E-state index contributed by atoms with van der Waals surface area (Å²) in [5, 5.41) is 11.2. The fourth-order valence-corrected chi connectivity index (χ4v) is 2.59. The lowest BCUT2D eigenvalue weighted by Crippen LogP contribution is -2.46. The van der Waals surface area contributed by atoms with E-state index in [-0.39, 0.29) is 0 Å². The zero-order valence-electron chi connectivity index (χ0n) is 14.2. The minimum atomic E-state index is 0.363. The molecule has 1 aliphatic rings. The third kappa shape index (κ3) is 3.87. The van der Waals surface area contributed by atoms with Crippen molar-refractivity contribution in [3.8, 4) is 11.5 Å². The first-order chi connectivity index (χ1) is 12.2. The molecule has 1 aromatic heterocycles. The number of ether oxygens (including phenoxy) is 2. The van der Waals surface area contributed by atoms with Crippen LogP contribution >= 0.6 is 0 Å². The fraction of sp³-hybridized carbons (Fsp3) is 0.375. The molecule has 0 spiro atoms. The van der Waals surface area contributed by atoms with Gasteiger partial charge >= 0.3 is 0 Å². The van der Waals surface area contributed by atoms with Gasteiger partial charge in [-0.2, -0.15) is 10.1 Å². The van der Waals surface area contributed by atoms with Gasteiger partial charge in [-0.05, 0) is 12.1 Å². The normalized spacial score (nSPS) is 14.2. The number of piperazine rings is 1. The summed E-state index contributed by atoms with van der Waals surface area (Å²) in [5.74, 6) is 2.42. The average molecular weight is 344 g/mol. The molecule has 1 saturated heterocycles. The number of nitrogens with zero attached hydrogens (tertiary/aromatic N) is 5. The second-order valence-electron chi connectivity index (χ2n) is 5.46. The Hall–Kier alpha value is -3.10. The first-order valence-electron chi connectivity index (χ1n) is 7.86. The molecule has 0 atom stereocenters. The Morgan fingerprint density at radius 1 is 1.16 bits per heavy atom. The van der Waals surface area contributed by atoms with E-state index in [0.29, 0.717) is 55.1 Å². The van der Waals surface area contributed by atoms with Gasteiger partial charge in [-0.3, -0.25) is 4.79 Å². The number of aromatic nitrogens is 3. The SMILES string of the molecule is COc1ccc(OC)c(Nc2nncc(N3CCN(C=O)CC3)n2)c1. The summed E-state index contributed by atoms with van der Waals surface area (Å²) >= 11 is 0. The van der Waals surface area contributed by atoms with Crippen LogP contribution < -0.4 is 19.7 Å². The average Bonchev–Trinajstić information content (AvgIpc) is 2.68. The summed E-state index contributed by atoms with van der Waals surface area (Å²) in [5.41, 5.74) is 0.687. The summed E-state index contributed by atoms with van der Waals surface area (Å²) in [6.45, 7) is 2.75. The van der Waals surface area contributed by atoms with Crippen LogP contribution in [0, 0.1) is 0 Å². The van der Waals surface area contributed by atoms with Gasteiger partial charge in [-0.15, -0.1) is 5.10 Å². The maximum Gasteiger partial charge on any atom is 0.249 e. The molecule has 9 heteroatoms. The van der Waals surface area contributed by atoms with Crippen molar-refractivity contribution >= 4 is 23.9 Å². The van der Waals surface area contributed by atoms with E-state index in [0.717, 1.165) is 6.41 Å². The van der Waals surface area contributed by atoms with E-state index >= 15 is 0 Å². The van der Waals surface area contributed by atoms with E-state index in [1.165, 1.54) is 0 Å². The second kappa shape index (κ2) is 7.65. The highest BCUT2D eigenvalue weighted by Crippen LogP contribution is 2.30. The third-order valence-electron chi connectivity index (χ3n) is 3.99. The minimum Gasteiger partial charge on any atom is -0.497 e. The molecule has 25 heavy (non-hydrogen) atoms. The summed E-state index contributed by atoms with van der Waals surface area (Å²) in [4.78, 5) is 19.1. The Morgan fingerprint density at radius 2 is 1.96 bits per heavy atom. The molecule has 132 valence electrons. The smallest absolute Gasteiger partial charge is 0.249 e. The van der Waals surface area contributed by atoms with Crippen LogP contribution in [0.5, 0.6) is 11.5 Å². The molecular formula is C16H20N6O3. The number of hydrogen-bond acceptors (Lipinski definition) is 8. The van der Waals surface area contributed by atoms with E-state index in [1.54, 1.807) is 37.4 Å². The van der Waals surface area contributed by atoms with E-state index < -0.39 is 0 Å². The van der Waals surface area contributed by atoms with Crippen molar-refractivity contribution in [3.63, 3.8) is 0 Å². The lowest BCUT2D eigenvalue weighted by molar-refractivity contribution is -0.118. The topological polar surface area (TPSA) is 92.7 Å². The number of methoxy groups -OCH3 is 2. The van der Waals surface area contributed by atoms with Crippen LogP contribution in [-0.2, 0) is 4.79 Å². The summed E-state index contributed by atoms with van der Waals surface area (Å²) in [7, 11) is 3.19. The van der Waals surface area contributed by atoms with Crippen LogP contribution in [0.4, 0.5) is 17.5 Å². The minimum absolute atomic E-state index is 0.363. The quantitative estimate of drug-likeness (QED) is 0.773. The Morgan fingerprint density at radius 3 is 2.64 bits per heavy atom. The zero-order valence-corrected chi connectivity index (χ0v) is 14.2. The van der Waals surface area contributed by atoms with Crippen LogP contribution in [-0.4, -0.2) is 66.9 Å². The molecule has 2 aromatic rings. The monoisotopic (exact) mass is 344 g/mol. The molecule has 0 unspecified atom stereocenters. The van der Waals surface area contributed by atoms with Crippen molar-refractivity contribution in [3.05, 3.63) is 24.4 Å². The van der Waals surface area contributed by atoms with Crippen LogP contribution in [0.3, 0.4) is 0 Å². The highest BCUT2D eigenvalue weighted by atomic mass is 16.5. The first kappa shape index (κ1) is 16.7. The molecule has 0 radical (unpaired) electrons. The van der Waals surface area contributed by atoms with E-state index in [4.69, 9.17) is 9.47 Å². The first-order valence-corrected chi connectivity index (χ1v) is 7.86. The van der Waals surface area contributed by atoms with Crippen LogP contribution in [0.2, 0.25) is 0 Å². The van der Waals surface area contributed by atoms with Gasteiger partial charge in [0.25, 0.3) is 0 Å². The van der Waals surface area contributed by atoms with Crippen LogP contribution in [0.15, 0.2) is 24.4 Å². The van der Waals surface area contributed by atoms with Gasteiger partial charge in [-0.25, -0.2) is 0 Å². The lowest BCUT2D eigenvalue weighted by Gasteiger charge is -2.33. The van der Waals surface area contributed by atoms with Gasteiger partial charge < -0.3 is 24.6 Å². The molecule has 1 aromatic carbocycles. The van der Waals surface area contributed by atoms with Crippen LogP contribution in [0.1, 0.15) is 0 Å². The van der Waals surface area contributed by atoms with Crippen molar-refractivity contribution in [2.75, 3.05) is 50.6 Å². The van der Waals surface area contributed by atoms with Crippen LogP contribution in [0.25, 0.3) is 0 Å². The molecule has 2 heterocycles. The number of rotatable bonds is 6. The van der Waals surface area contributed by atoms with Gasteiger partial charge in [0.2, 0.25) is 12.4 Å². The Bertz CT molecular complexity index is 734. The van der Waals surface area contributed by atoms with Gasteiger partial charge in [0.1, 0.15) is 11.5 Å². The number of benzene rings is 1. The summed E-state index contributed by atoms with van der Waals surface area (Å²) in [6.07, 6.45) is 2.49. The number of carbonyl (C=O) groups is 1. The maximum atomic E-state index is 10.8. The predicted molar refractivity (Wildman–Crippen MR) is 92.5 cm³/mol. The highest BCUT2D eigenvalue weighted by molar-refractivity contribution is 5.65. The Kier molecular flexibility index (Phi) is 5.12. The second-order valence-corrected chi connectivity index (χ2v) is 5.46. The largest absolute Gasteiger partial charge is 0.497 e. The van der Waals surface area contributed by atoms with Gasteiger partial charge in [0.15, 0.2) is 5.82 Å². The predicted octanol–water partition coefficient (Wildman–Crippen LogP) is 0.911. The standard InChI is InChI=1S/C16H20N6O3/c1-24-12-3-4-14(25-2)13(9-12)18-16-19-15(10-17-20-16)22-7-5-21(11-23)6-8-22/h3-4,9-11H,5-8H2,1-2H3,(H,18,19,20). The number of carbonyl (C=O) groups excluding carboxylic acids is 1. The molecule has 1 aliphatic heterocycles. The van der Waals surface area contributed by atoms with Crippen molar-refractivity contribution < 1.29 is 14.3 Å². The van der Waals surface area contributed by atoms with Crippen molar-refractivity contribution in [2.45, 2.75) is 0 Å². The molecule has 1 N–H and O–H groups in total. The van der Waals surface area contributed by atoms with Gasteiger partial charge in [0.05, 0.1) is 26.1 Å². The van der Waals surface area contributed by atoms with Gasteiger partial charge in [0, 0.05) is 32.2 Å². The van der Waals surface area contributed by atoms with Crippen molar-refractivity contribution in [1.82, 2.24) is 20.1 Å². The maximum absolute atomic E-state index is 10.8. The molecule has 0 aliphatic carbocycles. The molecule has 1 fully saturated rings. The molecule has 1 amide bonds. The van der Waals surface area contributed by atoms with E-state index in [9.17, 15) is 4.79 Å². The van der Waals surface area contributed by atoms with Crippen molar-refractivity contribution in [1.29, 1.82) is 0 Å². The third-order valence-corrected chi connectivity index (χ3v) is 3.99. The fourth-order valence-electron chi connectivity index (χ4n) is 2.59. The number of amides is 1. The van der Waals surface area contributed by atoms with Crippen molar-refractivity contribution in [2.24, 2.45) is 0 Å². The summed E-state index contributed by atoms with van der Waals surface area (Å²) < 4.78 is 10.6.